The minimum atomic E-state index is -0.452. The molecule has 0 bridgehead atoms. The second kappa shape index (κ2) is 22.0. The van der Waals surface area contributed by atoms with Gasteiger partial charge in [0.1, 0.15) is 5.82 Å². The normalized spacial score (nSPS) is 13.0. The van der Waals surface area contributed by atoms with Crippen LogP contribution in [0.4, 0.5) is 0 Å². The van der Waals surface area contributed by atoms with Crippen LogP contribution >= 0.6 is 0 Å². The van der Waals surface area contributed by atoms with E-state index in [0.717, 1.165) is 89.6 Å². The summed E-state index contributed by atoms with van der Waals surface area (Å²) in [5.41, 5.74) is 15.6. The van der Waals surface area contributed by atoms with E-state index < -0.39 is 18.1 Å². The zero-order chi connectivity index (χ0) is 60.7. The molecule has 0 saturated heterocycles. The Balaban J connectivity index is 0.00000784. The molecule has 12 aromatic rings. The molecule has 0 aliphatic rings. The summed E-state index contributed by atoms with van der Waals surface area (Å²) in [6, 6.07) is 63.9. The molecule has 12 rings (SSSR count). The molecule has 9 aromatic carbocycles. The molecule has 412 valence electrons. The van der Waals surface area contributed by atoms with E-state index in [1.807, 2.05) is 69.9 Å². The molecule has 3 aromatic heterocycles. The monoisotopic (exact) mass is 1250 g/mol. The predicted molar refractivity (Wildman–Crippen MR) is 336 cm³/mol. The third-order valence-corrected chi connectivity index (χ3v) is 15.4. The molecule has 6 heteroatoms. The summed E-state index contributed by atoms with van der Waals surface area (Å²) in [5, 5.41) is 2.11. The number of benzene rings is 9. The van der Waals surface area contributed by atoms with Gasteiger partial charge in [0.05, 0.1) is 23.6 Å². The fraction of sp³-hybridized carbons (Fsp3) is 0.211. The van der Waals surface area contributed by atoms with Crippen molar-refractivity contribution in [2.75, 3.05) is 0 Å². The average molecular weight is 1260 g/mol. The quantitative estimate of drug-likeness (QED) is 0.0956. The molecular formula is C76H70N4OPt-2. The summed E-state index contributed by atoms with van der Waals surface area (Å²) in [5.74, 6) is 2.17. The molecule has 0 N–H and O–H groups in total. The maximum absolute atomic E-state index is 9.40. The smallest absolute Gasteiger partial charge is 0.268 e. The van der Waals surface area contributed by atoms with Crippen LogP contribution in [0, 0.1) is 24.4 Å². The van der Waals surface area contributed by atoms with Crippen LogP contribution in [0.1, 0.15) is 105 Å². The zero-order valence-electron chi connectivity index (χ0n) is 53.5. The van der Waals surface area contributed by atoms with Gasteiger partial charge in [0.25, 0.3) is 6.33 Å². The number of imidazole rings is 1. The molecule has 0 unspecified atom stereocenters. The molecule has 82 heavy (non-hydrogen) atoms. The van der Waals surface area contributed by atoms with E-state index in [0.29, 0.717) is 34.4 Å². The van der Waals surface area contributed by atoms with E-state index in [-0.39, 0.29) is 55.0 Å². The number of para-hydroxylation sites is 2. The molecule has 5 nitrogen and oxygen atoms in total. The van der Waals surface area contributed by atoms with Crippen molar-refractivity contribution in [3.8, 4) is 73.2 Å². The minimum Gasteiger partial charge on any atom is -0.510 e. The van der Waals surface area contributed by atoms with Crippen LogP contribution in [0.3, 0.4) is 0 Å². The standard InChI is InChI=1S/C76H70N4O.Pt/c1-50(2)40-55-44-72(77-48-67(55)53-32-35-57(36-33-53)74(3,4)5)80-68-31-19-18-28-65(68)66-38-37-62(47-70(66)80)81-61-27-20-26-60(46-61)78-49-79(71-43-54(34-39-69(71)78)51-22-14-12-15-23-51)73-63(52-24-16-13-17-25-52)29-21-30-64(73)56-41-58(75(6,7)8)45-59(42-56)76(9,10)11;/h12-39,41-45,48,50H,40H2,1-11H3;/q-2;/i13D,16D,17D,24D,25D;. The Hall–Kier alpha value is -8.11. The van der Waals surface area contributed by atoms with Gasteiger partial charge in [0, 0.05) is 49.8 Å². The summed E-state index contributed by atoms with van der Waals surface area (Å²) < 4.78 is 58.1. The molecule has 0 aliphatic carbocycles. The minimum absolute atomic E-state index is 0. The van der Waals surface area contributed by atoms with Crippen LogP contribution in [0.2, 0.25) is 0 Å². The van der Waals surface area contributed by atoms with Crippen LogP contribution < -0.4 is 9.30 Å². The Morgan fingerprint density at radius 1 is 0.537 bits per heavy atom. The SMILES string of the molecule is [2H]c1c([2H])c([2H])c(-c2cccc(-c3cc(C(C)(C)C)cc(C(C)(C)C)c3)c2-[n+]2[c-]n(-c3[c-]c(Oc4[c-]c5c(cc4)c4ccccc4n5-c4cc(CC(C)C)c(-c5ccc(C(C)(C)C)cc5)cn4)ccc3)c3ccc(-c4ccccc4)cc32)c([2H])c1[2H].[Pt]. The van der Waals surface area contributed by atoms with Gasteiger partial charge in [-0.05, 0) is 119 Å². The Bertz CT molecular complexity index is 4560. The molecular weight excluding hydrogens is 1180 g/mol. The van der Waals surface area contributed by atoms with Gasteiger partial charge in [-0.1, -0.05) is 233 Å². The first-order chi connectivity index (χ1) is 40.9. The molecule has 0 amide bonds. The van der Waals surface area contributed by atoms with Gasteiger partial charge < -0.3 is 13.9 Å². The van der Waals surface area contributed by atoms with E-state index in [1.54, 1.807) is 0 Å². The molecule has 0 radical (unpaired) electrons. The van der Waals surface area contributed by atoms with Crippen molar-refractivity contribution in [3.63, 3.8) is 0 Å². The van der Waals surface area contributed by atoms with E-state index in [9.17, 15) is 2.74 Å². The fourth-order valence-corrected chi connectivity index (χ4v) is 11.1. The first-order valence-corrected chi connectivity index (χ1v) is 28.1. The summed E-state index contributed by atoms with van der Waals surface area (Å²) in [6.07, 6.45) is 6.67. The van der Waals surface area contributed by atoms with Gasteiger partial charge in [0.15, 0.2) is 0 Å². The van der Waals surface area contributed by atoms with Crippen LogP contribution in [-0.2, 0) is 43.7 Å². The Labute approximate surface area is 506 Å². The summed E-state index contributed by atoms with van der Waals surface area (Å²) in [4.78, 5) is 5.20. The van der Waals surface area contributed by atoms with Crippen LogP contribution in [0.5, 0.6) is 11.5 Å². The van der Waals surface area contributed by atoms with Crippen molar-refractivity contribution < 1.29 is 37.2 Å². The number of hydrogen-bond donors (Lipinski definition) is 0. The van der Waals surface area contributed by atoms with E-state index >= 15 is 0 Å². The zero-order valence-corrected chi connectivity index (χ0v) is 50.8. The van der Waals surface area contributed by atoms with Gasteiger partial charge in [-0.3, -0.25) is 4.57 Å². The maximum atomic E-state index is 9.40. The van der Waals surface area contributed by atoms with Crippen molar-refractivity contribution in [1.29, 1.82) is 0 Å². The number of aromatic nitrogens is 4. The Morgan fingerprint density at radius 3 is 1.88 bits per heavy atom. The van der Waals surface area contributed by atoms with Crippen LogP contribution in [-0.4, -0.2) is 14.1 Å². The third-order valence-electron chi connectivity index (χ3n) is 15.4. The largest absolute Gasteiger partial charge is 0.510 e. The van der Waals surface area contributed by atoms with Crippen molar-refractivity contribution in [3.05, 3.63) is 247 Å². The van der Waals surface area contributed by atoms with E-state index in [2.05, 4.69) is 214 Å². The molecule has 3 heterocycles. The average Bonchev–Trinajstić information content (AvgIpc) is 1.76. The van der Waals surface area contributed by atoms with Gasteiger partial charge in [-0.25, -0.2) is 4.98 Å². The second-order valence-electron chi connectivity index (χ2n) is 24.9. The number of hydrogen-bond acceptors (Lipinski definition) is 2. The van der Waals surface area contributed by atoms with Gasteiger partial charge in [-0.15, -0.1) is 29.7 Å². The number of nitrogens with zero attached hydrogens (tertiary/aromatic N) is 4. The van der Waals surface area contributed by atoms with Crippen LogP contribution in [0.25, 0.3) is 94.5 Å². The number of pyridine rings is 1. The molecule has 0 spiro atoms. The fourth-order valence-electron chi connectivity index (χ4n) is 11.1. The second-order valence-corrected chi connectivity index (χ2v) is 24.9. The predicted octanol–water partition coefficient (Wildman–Crippen LogP) is 19.3. The number of rotatable bonds is 11. The molecule has 0 fully saturated rings. The summed E-state index contributed by atoms with van der Waals surface area (Å²) >= 11 is 0. The summed E-state index contributed by atoms with van der Waals surface area (Å²) in [7, 11) is 0. The Morgan fingerprint density at radius 2 is 1.18 bits per heavy atom. The number of ether oxygens (including phenoxy) is 1. The molecule has 0 saturated carbocycles. The van der Waals surface area contributed by atoms with Crippen LogP contribution in [0.15, 0.2) is 206 Å². The van der Waals surface area contributed by atoms with Gasteiger partial charge in [-0.2, -0.15) is 18.2 Å². The summed E-state index contributed by atoms with van der Waals surface area (Å²) in [6.45, 7) is 24.5. The Kier molecular flexibility index (Phi) is 13.3. The van der Waals surface area contributed by atoms with Gasteiger partial charge >= 0.3 is 0 Å². The topological polar surface area (TPSA) is 35.9 Å². The van der Waals surface area contributed by atoms with E-state index in [4.69, 9.17) is 13.8 Å². The molecule has 0 atom stereocenters. The van der Waals surface area contributed by atoms with Crippen molar-refractivity contribution in [2.45, 2.75) is 98.8 Å². The van der Waals surface area contributed by atoms with Crippen molar-refractivity contribution in [2.24, 2.45) is 5.92 Å². The first-order valence-electron chi connectivity index (χ1n) is 30.6. The first kappa shape index (κ1) is 49.7. The van der Waals surface area contributed by atoms with Crippen molar-refractivity contribution in [1.82, 2.24) is 14.1 Å². The third kappa shape index (κ3) is 10.9. The van der Waals surface area contributed by atoms with Crippen molar-refractivity contribution >= 4 is 32.8 Å². The van der Waals surface area contributed by atoms with E-state index in [1.165, 1.54) is 11.1 Å². The molecule has 0 aliphatic heterocycles. The maximum Gasteiger partial charge on any atom is 0.268 e. The van der Waals surface area contributed by atoms with Gasteiger partial charge in [0.2, 0.25) is 0 Å². The number of fused-ring (bicyclic) bond motifs is 4.